The van der Waals surface area contributed by atoms with E-state index in [-0.39, 0.29) is 44.7 Å². The Morgan fingerprint density at radius 3 is 2.48 bits per heavy atom. The topological polar surface area (TPSA) is 85.3 Å². The van der Waals surface area contributed by atoms with E-state index < -0.39 is 0 Å². The number of rotatable bonds is 13. The average molecular weight is 379 g/mol. The molecule has 1 aromatic carbocycles. The van der Waals surface area contributed by atoms with Crippen molar-refractivity contribution in [1.29, 1.82) is 0 Å². The summed E-state index contributed by atoms with van der Waals surface area (Å²) in [5.41, 5.74) is 0.872. The van der Waals surface area contributed by atoms with E-state index >= 15 is 0 Å². The highest BCUT2D eigenvalue weighted by molar-refractivity contribution is 5.92. The van der Waals surface area contributed by atoms with E-state index in [1.54, 1.807) is 6.08 Å². The number of carbonyl (C=O) groups excluding carboxylic acids is 2. The van der Waals surface area contributed by atoms with E-state index in [1.807, 2.05) is 31.2 Å². The molecule has 1 amide bonds. The fourth-order valence-electron chi connectivity index (χ4n) is 2.17. The van der Waals surface area contributed by atoms with Crippen LogP contribution in [-0.4, -0.2) is 68.5 Å². The van der Waals surface area contributed by atoms with Crippen molar-refractivity contribution in [3.05, 3.63) is 35.9 Å². The molecule has 0 saturated heterocycles. The molecule has 1 rings (SSSR count). The second-order valence-corrected chi connectivity index (χ2v) is 5.74. The average Bonchev–Trinajstić information content (AvgIpc) is 2.70. The fourth-order valence-corrected chi connectivity index (χ4v) is 2.17. The van der Waals surface area contributed by atoms with Crippen molar-refractivity contribution in [3.63, 3.8) is 0 Å². The molecule has 0 aliphatic heterocycles. The van der Waals surface area contributed by atoms with Gasteiger partial charge in [-0.25, -0.2) is 0 Å². The highest BCUT2D eigenvalue weighted by Gasteiger charge is 2.13. The molecule has 0 bridgehead atoms. The van der Waals surface area contributed by atoms with Gasteiger partial charge in [-0.05, 0) is 30.2 Å². The first kappa shape index (κ1) is 22.7. The minimum atomic E-state index is -0.379. The third-order valence-corrected chi connectivity index (χ3v) is 3.64. The van der Waals surface area contributed by atoms with Crippen molar-refractivity contribution in [2.75, 3.05) is 46.6 Å². The van der Waals surface area contributed by atoms with Gasteiger partial charge in [0.1, 0.15) is 5.75 Å². The van der Waals surface area contributed by atoms with E-state index in [0.29, 0.717) is 13.2 Å². The summed E-state index contributed by atoms with van der Waals surface area (Å²) in [5.74, 6) is 0.189. The first-order chi connectivity index (χ1) is 13.1. The van der Waals surface area contributed by atoms with E-state index in [4.69, 9.17) is 14.6 Å². The van der Waals surface area contributed by atoms with Gasteiger partial charge in [0.05, 0.1) is 40.0 Å². The van der Waals surface area contributed by atoms with Crippen LogP contribution in [0, 0.1) is 0 Å². The third kappa shape index (κ3) is 9.77. The molecule has 0 aromatic heterocycles. The highest BCUT2D eigenvalue weighted by atomic mass is 16.5. The molecule has 0 fully saturated rings. The molecule has 0 spiro atoms. The molecule has 1 aromatic rings. The quantitative estimate of drug-likeness (QED) is 0.320. The Kier molecular flexibility index (Phi) is 11.6. The monoisotopic (exact) mass is 379 g/mol. The van der Waals surface area contributed by atoms with Gasteiger partial charge in [0.15, 0.2) is 0 Å². The standard InChI is InChI=1S/C20H29NO6/c1-3-14-27-18-7-4-17(5-8-18)6-9-19(23)21(11-10-20(24)25-2)12-15-26-16-13-22/h4-9,22H,3,10-16H2,1-2H3/b9-6+. The Bertz CT molecular complexity index is 585. The maximum Gasteiger partial charge on any atom is 0.307 e. The minimum Gasteiger partial charge on any atom is -0.494 e. The van der Waals surface area contributed by atoms with Gasteiger partial charge in [-0.15, -0.1) is 0 Å². The number of aliphatic hydroxyl groups is 1. The van der Waals surface area contributed by atoms with Crippen LogP contribution < -0.4 is 4.74 Å². The summed E-state index contributed by atoms with van der Waals surface area (Å²) in [5, 5.41) is 8.74. The molecule has 7 nitrogen and oxygen atoms in total. The number of benzene rings is 1. The third-order valence-electron chi connectivity index (χ3n) is 3.64. The molecule has 0 heterocycles. The molecular formula is C20H29NO6. The Morgan fingerprint density at radius 1 is 1.11 bits per heavy atom. The van der Waals surface area contributed by atoms with Gasteiger partial charge in [-0.3, -0.25) is 9.59 Å². The van der Waals surface area contributed by atoms with Crippen LogP contribution in [0.5, 0.6) is 5.75 Å². The zero-order valence-corrected chi connectivity index (χ0v) is 16.1. The first-order valence-electron chi connectivity index (χ1n) is 9.06. The van der Waals surface area contributed by atoms with Crippen LogP contribution >= 0.6 is 0 Å². The lowest BCUT2D eigenvalue weighted by atomic mass is 10.2. The molecule has 0 atom stereocenters. The van der Waals surface area contributed by atoms with E-state index in [1.165, 1.54) is 18.1 Å². The van der Waals surface area contributed by atoms with Gasteiger partial charge < -0.3 is 24.2 Å². The van der Waals surface area contributed by atoms with Crippen LogP contribution in [0.25, 0.3) is 6.08 Å². The summed E-state index contributed by atoms with van der Waals surface area (Å²) in [6.45, 7) is 3.69. The molecule has 0 radical (unpaired) electrons. The molecule has 0 aliphatic rings. The lowest BCUT2D eigenvalue weighted by molar-refractivity contribution is -0.141. The van der Waals surface area contributed by atoms with Crippen molar-refractivity contribution >= 4 is 18.0 Å². The van der Waals surface area contributed by atoms with Crippen LogP contribution in [0.3, 0.4) is 0 Å². The van der Waals surface area contributed by atoms with Gasteiger partial charge in [0.2, 0.25) is 5.91 Å². The summed E-state index contributed by atoms with van der Waals surface area (Å²) in [7, 11) is 1.31. The Labute approximate surface area is 160 Å². The first-order valence-corrected chi connectivity index (χ1v) is 9.06. The molecule has 27 heavy (non-hydrogen) atoms. The second-order valence-electron chi connectivity index (χ2n) is 5.74. The molecular weight excluding hydrogens is 350 g/mol. The number of hydrogen-bond donors (Lipinski definition) is 1. The van der Waals surface area contributed by atoms with Crippen LogP contribution in [0.4, 0.5) is 0 Å². The lowest BCUT2D eigenvalue weighted by Gasteiger charge is -2.20. The van der Waals surface area contributed by atoms with Crippen molar-refractivity contribution in [3.8, 4) is 5.75 Å². The number of carbonyl (C=O) groups is 2. The van der Waals surface area contributed by atoms with E-state index in [0.717, 1.165) is 17.7 Å². The largest absolute Gasteiger partial charge is 0.494 e. The van der Waals surface area contributed by atoms with Gasteiger partial charge in [-0.1, -0.05) is 19.1 Å². The van der Waals surface area contributed by atoms with E-state index in [9.17, 15) is 9.59 Å². The Morgan fingerprint density at radius 2 is 1.85 bits per heavy atom. The molecule has 7 heteroatoms. The number of ether oxygens (including phenoxy) is 3. The SMILES string of the molecule is CCCOc1ccc(/C=C/C(=O)N(CCOCCO)CCC(=O)OC)cc1. The summed E-state index contributed by atoms with van der Waals surface area (Å²) in [4.78, 5) is 25.3. The number of hydrogen-bond acceptors (Lipinski definition) is 6. The van der Waals surface area contributed by atoms with Crippen molar-refractivity contribution in [1.82, 2.24) is 4.90 Å². The highest BCUT2D eigenvalue weighted by Crippen LogP contribution is 2.13. The smallest absolute Gasteiger partial charge is 0.307 e. The van der Waals surface area contributed by atoms with Crippen LogP contribution in [-0.2, 0) is 19.1 Å². The number of esters is 1. The Hall–Kier alpha value is -2.38. The second kappa shape index (κ2) is 13.8. The zero-order chi connectivity index (χ0) is 19.9. The van der Waals surface area contributed by atoms with Crippen molar-refractivity contribution < 1.29 is 28.9 Å². The predicted octanol–water partition coefficient (Wildman–Crippen LogP) is 1.89. The van der Waals surface area contributed by atoms with Crippen LogP contribution in [0.2, 0.25) is 0 Å². The van der Waals surface area contributed by atoms with E-state index in [2.05, 4.69) is 4.74 Å². The number of aliphatic hydroxyl groups excluding tert-OH is 1. The zero-order valence-electron chi connectivity index (χ0n) is 16.1. The summed E-state index contributed by atoms with van der Waals surface area (Å²) < 4.78 is 15.4. The fraction of sp³-hybridized carbons (Fsp3) is 0.500. The molecule has 0 saturated carbocycles. The lowest BCUT2D eigenvalue weighted by Crippen LogP contribution is -2.35. The van der Waals surface area contributed by atoms with Gasteiger partial charge in [0, 0.05) is 19.2 Å². The molecule has 0 unspecified atom stereocenters. The molecule has 1 N–H and O–H groups in total. The normalized spacial score (nSPS) is 10.8. The summed E-state index contributed by atoms with van der Waals surface area (Å²) >= 11 is 0. The number of nitrogens with zero attached hydrogens (tertiary/aromatic N) is 1. The van der Waals surface area contributed by atoms with Crippen LogP contribution in [0.15, 0.2) is 30.3 Å². The van der Waals surface area contributed by atoms with Crippen molar-refractivity contribution in [2.24, 2.45) is 0 Å². The number of methoxy groups -OCH3 is 1. The minimum absolute atomic E-state index is 0.0754. The maximum absolute atomic E-state index is 12.4. The maximum atomic E-state index is 12.4. The summed E-state index contributed by atoms with van der Waals surface area (Å²) in [6.07, 6.45) is 4.23. The summed E-state index contributed by atoms with van der Waals surface area (Å²) in [6, 6.07) is 7.46. The van der Waals surface area contributed by atoms with Gasteiger partial charge >= 0.3 is 5.97 Å². The van der Waals surface area contributed by atoms with Crippen molar-refractivity contribution in [2.45, 2.75) is 19.8 Å². The van der Waals surface area contributed by atoms with Gasteiger partial charge in [-0.2, -0.15) is 0 Å². The molecule has 150 valence electrons. The number of amides is 1. The van der Waals surface area contributed by atoms with Crippen LogP contribution in [0.1, 0.15) is 25.3 Å². The Balaban J connectivity index is 2.63. The predicted molar refractivity (Wildman–Crippen MR) is 102 cm³/mol. The molecule has 0 aliphatic carbocycles. The van der Waals surface area contributed by atoms with Gasteiger partial charge in [0.25, 0.3) is 0 Å².